The summed E-state index contributed by atoms with van der Waals surface area (Å²) in [6.45, 7) is 12.3. The van der Waals surface area contributed by atoms with Crippen LogP contribution in [0.2, 0.25) is 0 Å². The summed E-state index contributed by atoms with van der Waals surface area (Å²) in [6, 6.07) is 0.392. The molecular weight excluding hydrogens is 338 g/mol. The molecule has 0 amide bonds. The van der Waals surface area contributed by atoms with Gasteiger partial charge in [0, 0.05) is 17.3 Å². The van der Waals surface area contributed by atoms with Crippen LogP contribution in [0.15, 0.2) is 29.6 Å². The molecule has 1 aromatic rings. The van der Waals surface area contributed by atoms with Gasteiger partial charge in [0.15, 0.2) is 0 Å². The highest BCUT2D eigenvalue weighted by molar-refractivity contribution is 7.81. The zero-order chi connectivity index (χ0) is 19.5. The van der Waals surface area contributed by atoms with E-state index in [2.05, 4.69) is 40.3 Å². The summed E-state index contributed by atoms with van der Waals surface area (Å²) in [7, 11) is 0. The molecule has 0 radical (unpaired) electrons. The number of aryl methyl sites for hydroxylation is 1. The molecule has 4 heteroatoms. The number of fused-ring (bicyclic) bond motifs is 1. The number of anilines is 1. The fourth-order valence-electron chi connectivity index (χ4n) is 3.67. The second kappa shape index (κ2) is 12.2. The summed E-state index contributed by atoms with van der Waals surface area (Å²) in [6.07, 6.45) is 14.2. The maximum atomic E-state index is 4.83. The Morgan fingerprint density at radius 3 is 2.08 bits per heavy atom. The molecule has 3 rings (SSSR count). The standard InChI is InChI=1S/C18H25N3S.2C2H6/c1-3-13-10-15(11-14(13)4-2)21(22)18-16-8-6-5-7-9-17(16)19-12-20-18;2*1-2/h3-4,12,15,22H,5-11H2,1-2H3;2*1-2H3/b13-3-,14-4-;;. The van der Waals surface area contributed by atoms with E-state index in [0.717, 1.165) is 31.5 Å². The molecule has 1 fully saturated rings. The molecule has 0 N–H and O–H groups in total. The van der Waals surface area contributed by atoms with E-state index >= 15 is 0 Å². The van der Waals surface area contributed by atoms with Gasteiger partial charge in [0.05, 0.1) is 0 Å². The van der Waals surface area contributed by atoms with Crippen LogP contribution in [0.25, 0.3) is 0 Å². The van der Waals surface area contributed by atoms with E-state index in [4.69, 9.17) is 12.8 Å². The summed E-state index contributed by atoms with van der Waals surface area (Å²) < 4.78 is 2.10. The van der Waals surface area contributed by atoms with E-state index in [0.29, 0.717) is 6.04 Å². The van der Waals surface area contributed by atoms with E-state index in [1.807, 2.05) is 27.7 Å². The SMILES string of the molecule is C/C=C1/CC(N(S)c2ncnc3c2CCCCC3)C/C1=C/C.CC.CC. The topological polar surface area (TPSA) is 29.0 Å². The molecule has 2 aliphatic rings. The molecule has 1 aromatic heterocycles. The van der Waals surface area contributed by atoms with Gasteiger partial charge in [-0.1, -0.05) is 59.1 Å². The lowest BCUT2D eigenvalue weighted by Crippen LogP contribution is -2.26. The number of hydrogen-bond acceptors (Lipinski definition) is 4. The van der Waals surface area contributed by atoms with Crippen LogP contribution in [0, 0.1) is 0 Å². The molecule has 0 bridgehead atoms. The van der Waals surface area contributed by atoms with Crippen LogP contribution >= 0.6 is 12.8 Å². The fourth-order valence-corrected chi connectivity index (χ4v) is 4.01. The van der Waals surface area contributed by atoms with Gasteiger partial charge < -0.3 is 0 Å². The van der Waals surface area contributed by atoms with Gasteiger partial charge in [-0.25, -0.2) is 9.97 Å². The van der Waals surface area contributed by atoms with Crippen LogP contribution in [-0.4, -0.2) is 16.0 Å². The number of rotatable bonds is 2. The van der Waals surface area contributed by atoms with Crippen molar-refractivity contribution >= 4 is 18.6 Å². The molecule has 2 aliphatic carbocycles. The molecule has 0 saturated heterocycles. The lowest BCUT2D eigenvalue weighted by atomic mass is 10.1. The largest absolute Gasteiger partial charge is 0.299 e. The normalized spacial score (nSPS) is 19.8. The van der Waals surface area contributed by atoms with Crippen LogP contribution < -0.4 is 4.31 Å². The summed E-state index contributed by atoms with van der Waals surface area (Å²) in [5, 5.41) is 0. The van der Waals surface area contributed by atoms with Crippen molar-refractivity contribution in [2.45, 2.75) is 92.5 Å². The number of thiol groups is 1. The highest BCUT2D eigenvalue weighted by atomic mass is 32.1. The van der Waals surface area contributed by atoms with E-state index in [1.165, 1.54) is 41.7 Å². The van der Waals surface area contributed by atoms with Crippen LogP contribution in [0.5, 0.6) is 0 Å². The quantitative estimate of drug-likeness (QED) is 0.472. The van der Waals surface area contributed by atoms with Crippen LogP contribution in [0.3, 0.4) is 0 Å². The Labute approximate surface area is 166 Å². The Kier molecular flexibility index (Phi) is 10.6. The number of aromatic nitrogens is 2. The first-order chi connectivity index (χ1) is 12.7. The van der Waals surface area contributed by atoms with Gasteiger partial charge in [0.1, 0.15) is 12.1 Å². The van der Waals surface area contributed by atoms with Gasteiger partial charge in [-0.15, -0.1) is 0 Å². The molecule has 0 aliphatic heterocycles. The van der Waals surface area contributed by atoms with Crippen molar-refractivity contribution in [1.82, 2.24) is 9.97 Å². The minimum Gasteiger partial charge on any atom is -0.299 e. The van der Waals surface area contributed by atoms with Gasteiger partial charge >= 0.3 is 0 Å². The van der Waals surface area contributed by atoms with Gasteiger partial charge in [-0.2, -0.15) is 0 Å². The lowest BCUT2D eigenvalue weighted by molar-refractivity contribution is 0.706. The molecule has 26 heavy (non-hydrogen) atoms. The third kappa shape index (κ3) is 5.35. The molecule has 3 nitrogen and oxygen atoms in total. The van der Waals surface area contributed by atoms with E-state index < -0.39 is 0 Å². The second-order valence-electron chi connectivity index (χ2n) is 6.22. The third-order valence-electron chi connectivity index (χ3n) is 4.94. The molecule has 1 saturated carbocycles. The van der Waals surface area contributed by atoms with Crippen molar-refractivity contribution in [3.63, 3.8) is 0 Å². The van der Waals surface area contributed by atoms with Crippen LogP contribution in [0.4, 0.5) is 5.82 Å². The Morgan fingerprint density at radius 2 is 1.50 bits per heavy atom. The number of allylic oxidation sites excluding steroid dienone is 2. The van der Waals surface area contributed by atoms with Crippen LogP contribution in [-0.2, 0) is 12.8 Å². The monoisotopic (exact) mass is 375 g/mol. The minimum absolute atomic E-state index is 0.392. The van der Waals surface area contributed by atoms with Crippen molar-refractivity contribution in [2.75, 3.05) is 4.31 Å². The molecule has 0 atom stereocenters. The van der Waals surface area contributed by atoms with Gasteiger partial charge in [0.2, 0.25) is 0 Å². The Balaban J connectivity index is 0.000000791. The van der Waals surface area contributed by atoms with Crippen molar-refractivity contribution in [2.24, 2.45) is 0 Å². The average molecular weight is 376 g/mol. The fraction of sp³-hybridized carbons (Fsp3) is 0.636. The summed E-state index contributed by atoms with van der Waals surface area (Å²) in [4.78, 5) is 9.10. The van der Waals surface area contributed by atoms with Gasteiger partial charge in [0.25, 0.3) is 0 Å². The van der Waals surface area contributed by atoms with E-state index in [9.17, 15) is 0 Å². The molecule has 1 heterocycles. The maximum absolute atomic E-state index is 4.83. The highest BCUT2D eigenvalue weighted by Gasteiger charge is 2.29. The number of hydrogen-bond donors (Lipinski definition) is 1. The first kappa shape index (κ1) is 22.8. The first-order valence-electron chi connectivity index (χ1n) is 10.4. The Hall–Kier alpha value is -1.29. The number of nitrogens with zero attached hydrogens (tertiary/aromatic N) is 3. The van der Waals surface area contributed by atoms with Crippen molar-refractivity contribution < 1.29 is 0 Å². The Bertz CT molecular complexity index is 587. The van der Waals surface area contributed by atoms with E-state index in [-0.39, 0.29) is 0 Å². The summed E-state index contributed by atoms with van der Waals surface area (Å²) >= 11 is 4.83. The molecule has 0 aromatic carbocycles. The van der Waals surface area contributed by atoms with Crippen molar-refractivity contribution in [3.8, 4) is 0 Å². The summed E-state index contributed by atoms with van der Waals surface area (Å²) in [5.74, 6) is 1.04. The predicted molar refractivity (Wildman–Crippen MR) is 118 cm³/mol. The van der Waals surface area contributed by atoms with Crippen molar-refractivity contribution in [1.29, 1.82) is 0 Å². The Morgan fingerprint density at radius 1 is 0.923 bits per heavy atom. The zero-order valence-corrected chi connectivity index (χ0v) is 18.4. The molecule has 0 spiro atoms. The maximum Gasteiger partial charge on any atom is 0.145 e. The summed E-state index contributed by atoms with van der Waals surface area (Å²) in [5.41, 5.74) is 5.46. The molecular formula is C22H37N3S. The van der Waals surface area contributed by atoms with Crippen molar-refractivity contribution in [3.05, 3.63) is 40.9 Å². The third-order valence-corrected chi connectivity index (χ3v) is 5.45. The van der Waals surface area contributed by atoms with Crippen LogP contribution in [0.1, 0.15) is 84.9 Å². The van der Waals surface area contributed by atoms with E-state index in [1.54, 1.807) is 6.33 Å². The zero-order valence-electron chi connectivity index (χ0n) is 17.5. The predicted octanol–water partition coefficient (Wildman–Crippen LogP) is 6.50. The lowest BCUT2D eigenvalue weighted by Gasteiger charge is -2.26. The minimum atomic E-state index is 0.392. The second-order valence-corrected chi connectivity index (χ2v) is 6.65. The molecule has 0 unspecified atom stereocenters. The smallest absolute Gasteiger partial charge is 0.145 e. The highest BCUT2D eigenvalue weighted by Crippen LogP contribution is 2.38. The average Bonchev–Trinajstić information content (AvgIpc) is 2.99. The van der Waals surface area contributed by atoms with Gasteiger partial charge in [-0.05, 0) is 63.5 Å². The molecule has 146 valence electrons. The first-order valence-corrected chi connectivity index (χ1v) is 10.8. The van der Waals surface area contributed by atoms with Gasteiger partial charge in [-0.3, -0.25) is 4.31 Å².